The predicted octanol–water partition coefficient (Wildman–Crippen LogP) is 3.72. The lowest BCUT2D eigenvalue weighted by atomic mass is 9.93. The normalized spacial score (nSPS) is 11.8. The van der Waals surface area contributed by atoms with Crippen LogP contribution in [0.25, 0.3) is 0 Å². The molecule has 4 nitrogen and oxygen atoms in total. The highest BCUT2D eigenvalue weighted by Gasteiger charge is 2.14. The van der Waals surface area contributed by atoms with Gasteiger partial charge in [0.2, 0.25) is 5.91 Å². The zero-order valence-corrected chi connectivity index (χ0v) is 13.2. The SMILES string of the molecule is COc1ccc(N)c(NC(=O)CC(C)c2ccccc2C)c1. The second-order valence-corrected chi connectivity index (χ2v) is 5.46. The molecule has 1 unspecified atom stereocenters. The van der Waals surface area contributed by atoms with E-state index in [2.05, 4.69) is 31.3 Å². The Hall–Kier alpha value is -2.49. The standard InChI is InChI=1S/C18H22N2O2/c1-12-6-4-5-7-15(12)13(2)10-18(21)20-17-11-14(22-3)8-9-16(17)19/h4-9,11,13H,10,19H2,1-3H3,(H,20,21). The summed E-state index contributed by atoms with van der Waals surface area (Å²) in [5.74, 6) is 0.750. The number of nitrogens with one attached hydrogen (secondary N) is 1. The van der Waals surface area contributed by atoms with E-state index < -0.39 is 0 Å². The lowest BCUT2D eigenvalue weighted by Crippen LogP contribution is -2.16. The number of hydrogen-bond donors (Lipinski definition) is 2. The topological polar surface area (TPSA) is 64.3 Å². The van der Waals surface area contributed by atoms with Gasteiger partial charge in [-0.1, -0.05) is 31.2 Å². The lowest BCUT2D eigenvalue weighted by Gasteiger charge is -2.15. The van der Waals surface area contributed by atoms with Gasteiger partial charge in [0.15, 0.2) is 0 Å². The fourth-order valence-electron chi connectivity index (χ4n) is 2.50. The van der Waals surface area contributed by atoms with E-state index in [9.17, 15) is 4.79 Å². The lowest BCUT2D eigenvalue weighted by molar-refractivity contribution is -0.116. The van der Waals surface area contributed by atoms with Crippen LogP contribution in [-0.2, 0) is 4.79 Å². The molecule has 0 fully saturated rings. The molecule has 4 heteroatoms. The molecule has 0 heterocycles. The van der Waals surface area contributed by atoms with Gasteiger partial charge < -0.3 is 15.8 Å². The molecule has 0 aliphatic heterocycles. The summed E-state index contributed by atoms with van der Waals surface area (Å²) in [5, 5.41) is 2.86. The number of amides is 1. The van der Waals surface area contributed by atoms with Crippen LogP contribution in [0.2, 0.25) is 0 Å². The number of benzene rings is 2. The molecule has 0 saturated heterocycles. The largest absolute Gasteiger partial charge is 0.497 e. The van der Waals surface area contributed by atoms with Crippen LogP contribution in [-0.4, -0.2) is 13.0 Å². The van der Waals surface area contributed by atoms with Crippen LogP contribution in [0.15, 0.2) is 42.5 Å². The molecule has 0 bridgehead atoms. The first-order chi connectivity index (χ1) is 10.5. The Balaban J connectivity index is 2.06. The zero-order valence-electron chi connectivity index (χ0n) is 13.2. The van der Waals surface area contributed by atoms with Gasteiger partial charge in [-0.2, -0.15) is 0 Å². The molecule has 0 saturated carbocycles. The molecule has 0 radical (unpaired) electrons. The van der Waals surface area contributed by atoms with Gasteiger partial charge >= 0.3 is 0 Å². The number of anilines is 2. The van der Waals surface area contributed by atoms with E-state index in [4.69, 9.17) is 10.5 Å². The van der Waals surface area contributed by atoms with Crippen molar-refractivity contribution in [1.82, 2.24) is 0 Å². The molecule has 0 aromatic heterocycles. The predicted molar refractivity (Wildman–Crippen MR) is 90.2 cm³/mol. The second-order valence-electron chi connectivity index (χ2n) is 5.46. The fraction of sp³-hybridized carbons (Fsp3) is 0.278. The van der Waals surface area contributed by atoms with Crippen molar-refractivity contribution in [2.45, 2.75) is 26.2 Å². The minimum Gasteiger partial charge on any atom is -0.497 e. The number of rotatable bonds is 5. The van der Waals surface area contributed by atoms with E-state index >= 15 is 0 Å². The van der Waals surface area contributed by atoms with Gasteiger partial charge in [0.1, 0.15) is 5.75 Å². The highest BCUT2D eigenvalue weighted by atomic mass is 16.5. The van der Waals surface area contributed by atoms with E-state index in [1.165, 1.54) is 11.1 Å². The van der Waals surface area contributed by atoms with Gasteiger partial charge in [0.25, 0.3) is 0 Å². The number of nitrogen functional groups attached to an aromatic ring is 1. The molecule has 2 rings (SSSR count). The molecule has 0 aliphatic carbocycles. The first-order valence-corrected chi connectivity index (χ1v) is 7.30. The van der Waals surface area contributed by atoms with Crippen LogP contribution in [0.1, 0.15) is 30.4 Å². The van der Waals surface area contributed by atoms with Crippen molar-refractivity contribution < 1.29 is 9.53 Å². The minimum absolute atomic E-state index is 0.0595. The Morgan fingerprint density at radius 2 is 2.00 bits per heavy atom. The third kappa shape index (κ3) is 3.79. The van der Waals surface area contributed by atoms with Gasteiger partial charge in [0.05, 0.1) is 18.5 Å². The quantitative estimate of drug-likeness (QED) is 0.827. The first kappa shape index (κ1) is 15.9. The summed E-state index contributed by atoms with van der Waals surface area (Å²) in [6.07, 6.45) is 0.404. The molecule has 2 aromatic carbocycles. The summed E-state index contributed by atoms with van der Waals surface area (Å²) in [4.78, 5) is 12.3. The van der Waals surface area contributed by atoms with Crippen molar-refractivity contribution in [3.05, 3.63) is 53.6 Å². The number of carbonyl (C=O) groups is 1. The average molecular weight is 298 g/mol. The Bertz CT molecular complexity index is 668. The molecule has 1 atom stereocenters. The molecule has 3 N–H and O–H groups in total. The summed E-state index contributed by atoms with van der Waals surface area (Å²) < 4.78 is 5.15. The number of carbonyl (C=O) groups excluding carboxylic acids is 1. The summed E-state index contributed by atoms with van der Waals surface area (Å²) in [6.45, 7) is 4.11. The highest BCUT2D eigenvalue weighted by molar-refractivity contribution is 5.94. The monoisotopic (exact) mass is 298 g/mol. The van der Waals surface area contributed by atoms with Crippen molar-refractivity contribution in [2.75, 3.05) is 18.2 Å². The third-order valence-electron chi connectivity index (χ3n) is 3.75. The molecule has 2 aromatic rings. The van der Waals surface area contributed by atoms with Crippen LogP contribution in [0.5, 0.6) is 5.75 Å². The van der Waals surface area contributed by atoms with Crippen molar-refractivity contribution in [3.63, 3.8) is 0 Å². The Morgan fingerprint density at radius 3 is 2.68 bits per heavy atom. The van der Waals surface area contributed by atoms with Crippen LogP contribution >= 0.6 is 0 Å². The van der Waals surface area contributed by atoms with Gasteiger partial charge in [-0.25, -0.2) is 0 Å². The maximum atomic E-state index is 12.3. The number of methoxy groups -OCH3 is 1. The third-order valence-corrected chi connectivity index (χ3v) is 3.75. The van der Waals surface area contributed by atoms with Crippen LogP contribution in [0, 0.1) is 6.92 Å². The highest BCUT2D eigenvalue weighted by Crippen LogP contribution is 2.26. The van der Waals surface area contributed by atoms with Gasteiger partial charge in [-0.3, -0.25) is 4.79 Å². The van der Waals surface area contributed by atoms with Crippen molar-refractivity contribution >= 4 is 17.3 Å². The van der Waals surface area contributed by atoms with Gasteiger partial charge in [-0.15, -0.1) is 0 Å². The van der Waals surface area contributed by atoms with Crippen molar-refractivity contribution in [3.8, 4) is 5.75 Å². The van der Waals surface area contributed by atoms with E-state index in [0.717, 1.165) is 0 Å². The Kier molecular flexibility index (Phi) is 5.04. The van der Waals surface area contributed by atoms with Crippen molar-refractivity contribution in [2.24, 2.45) is 0 Å². The summed E-state index contributed by atoms with van der Waals surface area (Å²) in [6, 6.07) is 13.3. The molecule has 116 valence electrons. The number of hydrogen-bond acceptors (Lipinski definition) is 3. The van der Waals surface area contributed by atoms with E-state index in [0.29, 0.717) is 23.5 Å². The molecule has 22 heavy (non-hydrogen) atoms. The average Bonchev–Trinajstić information content (AvgIpc) is 2.49. The first-order valence-electron chi connectivity index (χ1n) is 7.30. The van der Waals surface area contributed by atoms with E-state index in [1.54, 1.807) is 25.3 Å². The maximum Gasteiger partial charge on any atom is 0.225 e. The van der Waals surface area contributed by atoms with Gasteiger partial charge in [-0.05, 0) is 36.1 Å². The zero-order chi connectivity index (χ0) is 16.1. The van der Waals surface area contributed by atoms with Crippen LogP contribution in [0.3, 0.4) is 0 Å². The summed E-state index contributed by atoms with van der Waals surface area (Å²) in [7, 11) is 1.58. The smallest absolute Gasteiger partial charge is 0.225 e. The van der Waals surface area contributed by atoms with Gasteiger partial charge in [0, 0.05) is 12.5 Å². The van der Waals surface area contributed by atoms with Crippen LogP contribution in [0.4, 0.5) is 11.4 Å². The van der Waals surface area contributed by atoms with Crippen LogP contribution < -0.4 is 15.8 Å². The fourth-order valence-corrected chi connectivity index (χ4v) is 2.50. The number of nitrogens with two attached hydrogens (primary N) is 1. The second kappa shape index (κ2) is 6.98. The van der Waals surface area contributed by atoms with E-state index in [-0.39, 0.29) is 11.8 Å². The number of ether oxygens (including phenoxy) is 1. The Morgan fingerprint density at radius 1 is 1.27 bits per heavy atom. The van der Waals surface area contributed by atoms with Crippen molar-refractivity contribution in [1.29, 1.82) is 0 Å². The summed E-state index contributed by atoms with van der Waals surface area (Å²) >= 11 is 0. The summed E-state index contributed by atoms with van der Waals surface area (Å²) in [5.41, 5.74) is 9.39. The van der Waals surface area contributed by atoms with E-state index in [1.807, 2.05) is 12.1 Å². The molecular formula is C18H22N2O2. The molecule has 0 spiro atoms. The maximum absolute atomic E-state index is 12.3. The minimum atomic E-state index is -0.0595. The number of aryl methyl sites for hydroxylation is 1. The molecule has 0 aliphatic rings. The Labute approximate surface area is 131 Å². The molecule has 1 amide bonds. The molecular weight excluding hydrogens is 276 g/mol.